The van der Waals surface area contributed by atoms with Crippen LogP contribution in [0.5, 0.6) is 0 Å². The van der Waals surface area contributed by atoms with Crippen LogP contribution in [0.4, 0.5) is 0 Å². The zero-order valence-electron chi connectivity index (χ0n) is 25.4. The Hall–Kier alpha value is -6.26. The Morgan fingerprint density at radius 3 is 1.51 bits per heavy atom. The number of nitrogens with zero attached hydrogens (tertiary/aromatic N) is 1. The van der Waals surface area contributed by atoms with E-state index in [1.807, 2.05) is 6.07 Å². The van der Waals surface area contributed by atoms with Crippen LogP contribution in [0.25, 0.3) is 83.0 Å². The molecule has 4 heteroatoms. The number of benzene rings is 6. The first kappa shape index (κ1) is 26.0. The number of rotatable bonds is 4. The molecule has 0 spiro atoms. The summed E-state index contributed by atoms with van der Waals surface area (Å²) in [5.41, 5.74) is 12.9. The van der Waals surface area contributed by atoms with Crippen LogP contribution >= 0.6 is 0 Å². The fraction of sp³-hybridized carbons (Fsp3) is 0.0233. The maximum Gasteiger partial charge on any atom is 0.136 e. The number of nitrogens with one attached hydrogen (secondary N) is 1. The average molecular weight is 605 g/mol. The van der Waals surface area contributed by atoms with Gasteiger partial charge in [-0.1, -0.05) is 97.1 Å². The molecule has 222 valence electrons. The standard InChI is InChI=1S/C43H28N2O2/c1-2-6-27(7-3-1)32-17-19-39-34(22-32)36-24-42-37(25-41(36)46-39)35-23-33(18-20-40(35)47-42)30-11-9-28(10-12-30)29-13-15-31(16-14-29)38-26-45-21-5-4-8-43(45)44-38/h1-26,43-44H. The maximum atomic E-state index is 6.38. The molecule has 1 atom stereocenters. The molecular weight excluding hydrogens is 576 g/mol. The topological polar surface area (TPSA) is 41.6 Å². The van der Waals surface area contributed by atoms with Crippen LogP contribution in [0.3, 0.4) is 0 Å². The van der Waals surface area contributed by atoms with Crippen LogP contribution in [0.2, 0.25) is 0 Å². The second-order valence-corrected chi connectivity index (χ2v) is 12.3. The molecule has 0 radical (unpaired) electrons. The molecule has 10 rings (SSSR count). The van der Waals surface area contributed by atoms with Crippen molar-refractivity contribution >= 4 is 49.6 Å². The fourth-order valence-corrected chi connectivity index (χ4v) is 6.99. The lowest BCUT2D eigenvalue weighted by Crippen LogP contribution is -2.31. The highest BCUT2D eigenvalue weighted by atomic mass is 16.3. The van der Waals surface area contributed by atoms with Gasteiger partial charge in [-0.15, -0.1) is 0 Å². The third-order valence-electron chi connectivity index (χ3n) is 9.48. The van der Waals surface area contributed by atoms with Crippen LogP contribution in [0.15, 0.2) is 167 Å². The number of furan rings is 2. The molecule has 1 unspecified atom stereocenters. The van der Waals surface area contributed by atoms with Crippen molar-refractivity contribution in [2.45, 2.75) is 6.17 Å². The van der Waals surface area contributed by atoms with Gasteiger partial charge < -0.3 is 19.1 Å². The predicted octanol–water partition coefficient (Wildman–Crippen LogP) is 11.1. The normalized spacial score (nSPS) is 15.5. The molecule has 4 nitrogen and oxygen atoms in total. The van der Waals surface area contributed by atoms with Crippen LogP contribution < -0.4 is 5.32 Å². The van der Waals surface area contributed by atoms with Gasteiger partial charge in [-0.3, -0.25) is 0 Å². The summed E-state index contributed by atoms with van der Waals surface area (Å²) in [4.78, 5) is 2.19. The van der Waals surface area contributed by atoms with E-state index in [0.29, 0.717) is 0 Å². The predicted molar refractivity (Wildman–Crippen MR) is 192 cm³/mol. The molecule has 8 aromatic rings. The summed E-state index contributed by atoms with van der Waals surface area (Å²) < 4.78 is 12.7. The van der Waals surface area contributed by atoms with E-state index in [-0.39, 0.29) is 6.17 Å². The van der Waals surface area contributed by atoms with Gasteiger partial charge in [0.2, 0.25) is 0 Å². The summed E-state index contributed by atoms with van der Waals surface area (Å²) >= 11 is 0. The molecule has 2 aliphatic heterocycles. The smallest absolute Gasteiger partial charge is 0.136 e. The Balaban J connectivity index is 0.957. The highest BCUT2D eigenvalue weighted by Gasteiger charge is 2.21. The third kappa shape index (κ3) is 4.30. The summed E-state index contributed by atoms with van der Waals surface area (Å²) in [6.45, 7) is 0. The fourth-order valence-electron chi connectivity index (χ4n) is 6.99. The molecule has 2 aromatic heterocycles. The van der Waals surface area contributed by atoms with Crippen molar-refractivity contribution in [3.05, 3.63) is 164 Å². The minimum atomic E-state index is 0.196. The lowest BCUT2D eigenvalue weighted by Gasteiger charge is -2.20. The molecule has 2 aliphatic rings. The number of hydrogen-bond donors (Lipinski definition) is 1. The van der Waals surface area contributed by atoms with Crippen molar-refractivity contribution in [1.29, 1.82) is 0 Å². The van der Waals surface area contributed by atoms with Gasteiger partial charge in [0.1, 0.15) is 28.5 Å². The zero-order valence-corrected chi connectivity index (χ0v) is 25.4. The Bertz CT molecular complexity index is 2580. The van der Waals surface area contributed by atoms with E-state index in [0.717, 1.165) is 60.7 Å². The van der Waals surface area contributed by atoms with Gasteiger partial charge in [-0.25, -0.2) is 0 Å². The molecule has 0 fully saturated rings. The monoisotopic (exact) mass is 604 g/mol. The highest BCUT2D eigenvalue weighted by Crippen LogP contribution is 2.39. The Labute approximate surface area is 271 Å². The van der Waals surface area contributed by atoms with Gasteiger partial charge in [-0.05, 0) is 87.5 Å². The zero-order chi connectivity index (χ0) is 30.9. The van der Waals surface area contributed by atoms with Gasteiger partial charge in [0.25, 0.3) is 0 Å². The highest BCUT2D eigenvalue weighted by molar-refractivity contribution is 6.15. The molecule has 0 bridgehead atoms. The van der Waals surface area contributed by atoms with Gasteiger partial charge >= 0.3 is 0 Å². The van der Waals surface area contributed by atoms with Crippen molar-refractivity contribution in [3.63, 3.8) is 0 Å². The summed E-state index contributed by atoms with van der Waals surface area (Å²) in [7, 11) is 0. The molecular formula is C43H28N2O2. The van der Waals surface area contributed by atoms with E-state index in [1.54, 1.807) is 0 Å². The molecule has 0 amide bonds. The summed E-state index contributed by atoms with van der Waals surface area (Å²) in [6, 6.07) is 45.1. The van der Waals surface area contributed by atoms with Crippen molar-refractivity contribution in [2.75, 3.05) is 0 Å². The van der Waals surface area contributed by atoms with Crippen molar-refractivity contribution in [1.82, 2.24) is 10.2 Å². The Kier molecular flexibility index (Phi) is 5.60. The average Bonchev–Trinajstić information content (AvgIpc) is 3.83. The van der Waals surface area contributed by atoms with Gasteiger partial charge in [-0.2, -0.15) is 0 Å². The first-order chi connectivity index (χ1) is 23.2. The van der Waals surface area contributed by atoms with E-state index in [2.05, 4.69) is 162 Å². The number of hydrogen-bond acceptors (Lipinski definition) is 4. The van der Waals surface area contributed by atoms with Crippen LogP contribution in [0, 0.1) is 0 Å². The molecule has 1 N–H and O–H groups in total. The van der Waals surface area contributed by atoms with Crippen molar-refractivity contribution in [2.24, 2.45) is 0 Å². The molecule has 0 saturated heterocycles. The van der Waals surface area contributed by atoms with Crippen molar-refractivity contribution < 1.29 is 8.83 Å². The SMILES string of the molecule is C1=CC2NC(c3ccc(-c4ccc(-c5ccc6oc7cc8c(cc7c6c5)oc5ccc(-c6ccccc6)cc58)cc4)cc3)=CN2C=C1. The quantitative estimate of drug-likeness (QED) is 0.217. The van der Waals surface area contributed by atoms with E-state index in [4.69, 9.17) is 8.83 Å². The first-order valence-electron chi connectivity index (χ1n) is 15.9. The first-order valence-corrected chi connectivity index (χ1v) is 15.9. The second kappa shape index (κ2) is 10.1. The third-order valence-corrected chi connectivity index (χ3v) is 9.48. The van der Waals surface area contributed by atoms with Crippen molar-refractivity contribution in [3.8, 4) is 33.4 Å². The Morgan fingerprint density at radius 2 is 0.936 bits per heavy atom. The lowest BCUT2D eigenvalue weighted by molar-refractivity contribution is 0.427. The summed E-state index contributed by atoms with van der Waals surface area (Å²) in [5, 5.41) is 7.88. The van der Waals surface area contributed by atoms with E-state index >= 15 is 0 Å². The minimum Gasteiger partial charge on any atom is -0.456 e. The largest absolute Gasteiger partial charge is 0.456 e. The van der Waals surface area contributed by atoms with E-state index < -0.39 is 0 Å². The molecule has 4 heterocycles. The maximum absolute atomic E-state index is 6.38. The molecule has 0 aliphatic carbocycles. The van der Waals surface area contributed by atoms with E-state index in [1.165, 1.54) is 27.8 Å². The van der Waals surface area contributed by atoms with Crippen LogP contribution in [-0.4, -0.2) is 11.1 Å². The molecule has 47 heavy (non-hydrogen) atoms. The second-order valence-electron chi connectivity index (χ2n) is 12.3. The molecule has 6 aromatic carbocycles. The summed E-state index contributed by atoms with van der Waals surface area (Å²) in [6.07, 6.45) is 10.7. The van der Waals surface area contributed by atoms with Crippen LogP contribution in [0.1, 0.15) is 5.56 Å². The Morgan fingerprint density at radius 1 is 0.447 bits per heavy atom. The lowest BCUT2D eigenvalue weighted by atomic mass is 9.98. The van der Waals surface area contributed by atoms with Crippen LogP contribution in [-0.2, 0) is 0 Å². The van der Waals surface area contributed by atoms with Gasteiger partial charge in [0.15, 0.2) is 0 Å². The van der Waals surface area contributed by atoms with Gasteiger partial charge in [0, 0.05) is 33.9 Å². The van der Waals surface area contributed by atoms with Gasteiger partial charge in [0.05, 0.1) is 5.70 Å². The van der Waals surface area contributed by atoms with E-state index in [9.17, 15) is 0 Å². The number of fused-ring (bicyclic) bond motifs is 7. The molecule has 0 saturated carbocycles. The minimum absolute atomic E-state index is 0.196. The summed E-state index contributed by atoms with van der Waals surface area (Å²) in [5.74, 6) is 0. The number of allylic oxidation sites excluding steroid dienone is 2.